The lowest BCUT2D eigenvalue weighted by molar-refractivity contribution is -0.152. The summed E-state index contributed by atoms with van der Waals surface area (Å²) in [7, 11) is -3.11. The molecule has 0 unspecified atom stereocenters. The molecule has 1 aliphatic heterocycles. The Hall–Kier alpha value is -2.42. The van der Waals surface area contributed by atoms with Crippen LogP contribution in [0.25, 0.3) is 0 Å². The van der Waals surface area contributed by atoms with Crippen molar-refractivity contribution in [3.05, 3.63) is 34.9 Å². The van der Waals surface area contributed by atoms with Crippen LogP contribution in [0.4, 0.5) is 0 Å². The lowest BCUT2D eigenvalue weighted by atomic mass is 10.1. The van der Waals surface area contributed by atoms with Crippen molar-refractivity contribution in [3.63, 3.8) is 0 Å². The average Bonchev–Trinajstić information content (AvgIpc) is 3.43. The number of hydrogen-bond donors (Lipinski definition) is 1. The Labute approximate surface area is 170 Å². The Kier molecular flexibility index (Phi) is 6.26. The van der Waals surface area contributed by atoms with Crippen LogP contribution in [-0.4, -0.2) is 67.8 Å². The number of nitrogens with zero attached hydrogens (tertiary/aromatic N) is 1. The van der Waals surface area contributed by atoms with Crippen molar-refractivity contribution >= 4 is 27.6 Å². The van der Waals surface area contributed by atoms with Crippen molar-refractivity contribution in [1.82, 2.24) is 10.2 Å². The van der Waals surface area contributed by atoms with Crippen LogP contribution in [0, 0.1) is 13.8 Å². The molecule has 1 saturated heterocycles. The maximum absolute atomic E-state index is 12.5. The lowest BCUT2D eigenvalue weighted by Crippen LogP contribution is -2.45. The lowest BCUT2D eigenvalue weighted by Gasteiger charge is -2.28. The zero-order chi connectivity index (χ0) is 21.2. The molecule has 0 aromatic heterocycles. The summed E-state index contributed by atoms with van der Waals surface area (Å²) in [5.74, 6) is -1.45. The molecule has 0 spiro atoms. The van der Waals surface area contributed by atoms with Crippen LogP contribution in [0.1, 0.15) is 40.7 Å². The third kappa shape index (κ3) is 5.56. The second-order valence-corrected chi connectivity index (χ2v) is 9.96. The quantitative estimate of drug-likeness (QED) is 0.650. The molecule has 0 radical (unpaired) electrons. The molecule has 2 aliphatic rings. The second-order valence-electron chi connectivity index (χ2n) is 7.73. The molecule has 1 aromatic carbocycles. The summed E-state index contributed by atoms with van der Waals surface area (Å²) in [6.07, 6.45) is 2.09. The minimum absolute atomic E-state index is 0.0315. The summed E-state index contributed by atoms with van der Waals surface area (Å²) >= 11 is 0. The van der Waals surface area contributed by atoms with E-state index in [1.165, 1.54) is 0 Å². The third-order valence-corrected chi connectivity index (χ3v) is 7.10. The van der Waals surface area contributed by atoms with E-state index in [9.17, 15) is 22.8 Å². The Morgan fingerprint density at radius 1 is 1.10 bits per heavy atom. The molecule has 2 fully saturated rings. The van der Waals surface area contributed by atoms with E-state index in [0.29, 0.717) is 12.0 Å². The van der Waals surface area contributed by atoms with E-state index in [4.69, 9.17) is 4.74 Å². The molecule has 8 nitrogen and oxygen atoms in total. The molecule has 1 aromatic rings. The largest absolute Gasteiger partial charge is 0.454 e. The topological polar surface area (TPSA) is 110 Å². The van der Waals surface area contributed by atoms with E-state index in [-0.39, 0.29) is 36.0 Å². The smallest absolute Gasteiger partial charge is 0.325 e. The molecule has 1 N–H and O–H groups in total. The molecule has 9 heteroatoms. The molecule has 0 bridgehead atoms. The van der Waals surface area contributed by atoms with Gasteiger partial charge in [-0.15, -0.1) is 0 Å². The summed E-state index contributed by atoms with van der Waals surface area (Å²) in [5.41, 5.74) is 2.48. The highest BCUT2D eigenvalue weighted by Gasteiger charge is 2.42. The Morgan fingerprint density at radius 2 is 1.83 bits per heavy atom. The number of aryl methyl sites for hydroxylation is 2. The number of amides is 2. The van der Waals surface area contributed by atoms with Gasteiger partial charge in [0, 0.05) is 17.6 Å². The minimum Gasteiger partial charge on any atom is -0.454 e. The maximum Gasteiger partial charge on any atom is 0.325 e. The first-order valence-electron chi connectivity index (χ1n) is 9.69. The first kappa shape index (κ1) is 21.3. The fraction of sp³-hybridized carbons (Fsp3) is 0.550. The minimum atomic E-state index is -3.11. The van der Waals surface area contributed by atoms with Gasteiger partial charge in [0.05, 0.1) is 11.5 Å². The van der Waals surface area contributed by atoms with E-state index in [1.54, 1.807) is 17.0 Å². The number of ether oxygens (including phenoxy) is 1. The number of nitrogens with one attached hydrogen (secondary N) is 1. The summed E-state index contributed by atoms with van der Waals surface area (Å²) in [6, 6.07) is 4.93. The number of carbonyl (C=O) groups is 3. The monoisotopic (exact) mass is 422 g/mol. The van der Waals surface area contributed by atoms with Crippen molar-refractivity contribution in [2.45, 2.75) is 45.2 Å². The van der Waals surface area contributed by atoms with Crippen LogP contribution in [0.15, 0.2) is 18.2 Å². The van der Waals surface area contributed by atoms with Crippen molar-refractivity contribution in [2.24, 2.45) is 0 Å². The standard InChI is InChI=1S/C20H26N2O6S/c1-13-3-4-15(9-14(13)2)20(25)21-10-19(24)28-11-18(23)22(16-5-6-16)17-7-8-29(26,27)12-17/h3-4,9,16-17H,5-8,10-12H2,1-2H3,(H,21,25)/t17-/m1/s1. The van der Waals surface area contributed by atoms with Gasteiger partial charge >= 0.3 is 5.97 Å². The first-order chi connectivity index (χ1) is 13.7. The van der Waals surface area contributed by atoms with Crippen LogP contribution >= 0.6 is 0 Å². The van der Waals surface area contributed by atoms with Crippen molar-refractivity contribution in [3.8, 4) is 0 Å². The predicted molar refractivity (Wildman–Crippen MR) is 106 cm³/mol. The Morgan fingerprint density at radius 3 is 2.41 bits per heavy atom. The van der Waals surface area contributed by atoms with Crippen LogP contribution in [0.2, 0.25) is 0 Å². The van der Waals surface area contributed by atoms with E-state index < -0.39 is 28.3 Å². The van der Waals surface area contributed by atoms with Crippen LogP contribution in [0.5, 0.6) is 0 Å². The summed E-state index contributed by atoms with van der Waals surface area (Å²) in [6.45, 7) is 3.04. The Bertz CT molecular complexity index is 923. The zero-order valence-electron chi connectivity index (χ0n) is 16.6. The van der Waals surface area contributed by atoms with Gasteiger partial charge in [-0.05, 0) is 56.4 Å². The van der Waals surface area contributed by atoms with Crippen molar-refractivity contribution in [2.75, 3.05) is 24.7 Å². The maximum atomic E-state index is 12.5. The number of benzene rings is 1. The molecular weight excluding hydrogens is 396 g/mol. The van der Waals surface area contributed by atoms with Crippen molar-refractivity contribution in [1.29, 1.82) is 0 Å². The predicted octanol–water partition coefficient (Wildman–Crippen LogP) is 0.755. The number of rotatable bonds is 7. The molecule has 1 saturated carbocycles. The highest BCUT2D eigenvalue weighted by atomic mass is 32.2. The highest BCUT2D eigenvalue weighted by molar-refractivity contribution is 7.91. The molecular formula is C20H26N2O6S. The van der Waals surface area contributed by atoms with E-state index in [1.807, 2.05) is 19.9 Å². The van der Waals surface area contributed by atoms with Gasteiger partial charge in [-0.2, -0.15) is 0 Å². The van der Waals surface area contributed by atoms with Crippen LogP contribution in [0.3, 0.4) is 0 Å². The molecule has 1 heterocycles. The first-order valence-corrected chi connectivity index (χ1v) is 11.5. The van der Waals surface area contributed by atoms with Gasteiger partial charge in [0.25, 0.3) is 11.8 Å². The Balaban J connectivity index is 1.47. The molecule has 3 rings (SSSR count). The van der Waals surface area contributed by atoms with E-state index in [0.717, 1.165) is 24.0 Å². The van der Waals surface area contributed by atoms with E-state index >= 15 is 0 Å². The fourth-order valence-electron chi connectivity index (χ4n) is 3.46. The highest BCUT2D eigenvalue weighted by Crippen LogP contribution is 2.32. The number of esters is 1. The van der Waals surface area contributed by atoms with Gasteiger partial charge in [0.2, 0.25) is 0 Å². The molecule has 1 aliphatic carbocycles. The number of carbonyl (C=O) groups excluding carboxylic acids is 3. The van der Waals surface area contributed by atoms with Crippen LogP contribution < -0.4 is 5.32 Å². The summed E-state index contributed by atoms with van der Waals surface area (Å²) < 4.78 is 28.4. The molecule has 158 valence electrons. The third-order valence-electron chi connectivity index (χ3n) is 5.35. The van der Waals surface area contributed by atoms with Gasteiger partial charge < -0.3 is 15.0 Å². The number of sulfone groups is 1. The summed E-state index contributed by atoms with van der Waals surface area (Å²) in [4.78, 5) is 38.2. The molecule has 29 heavy (non-hydrogen) atoms. The second kappa shape index (κ2) is 8.52. The van der Waals surface area contributed by atoms with Gasteiger partial charge in [-0.3, -0.25) is 14.4 Å². The van der Waals surface area contributed by atoms with Gasteiger partial charge in [-0.25, -0.2) is 8.42 Å². The summed E-state index contributed by atoms with van der Waals surface area (Å²) in [5, 5.41) is 2.48. The average molecular weight is 423 g/mol. The molecule has 1 atom stereocenters. The van der Waals surface area contributed by atoms with Crippen LogP contribution in [-0.2, 0) is 24.2 Å². The van der Waals surface area contributed by atoms with Gasteiger partial charge in [-0.1, -0.05) is 6.07 Å². The normalized spacial score (nSPS) is 20.1. The number of hydrogen-bond acceptors (Lipinski definition) is 6. The molecule has 2 amide bonds. The fourth-order valence-corrected chi connectivity index (χ4v) is 5.17. The SMILES string of the molecule is Cc1ccc(C(=O)NCC(=O)OCC(=O)N(C2CC2)[C@@H]2CCS(=O)(=O)C2)cc1C. The van der Waals surface area contributed by atoms with Gasteiger partial charge in [0.1, 0.15) is 6.54 Å². The van der Waals surface area contributed by atoms with E-state index in [2.05, 4.69) is 5.32 Å². The zero-order valence-corrected chi connectivity index (χ0v) is 17.5. The van der Waals surface area contributed by atoms with Crippen molar-refractivity contribution < 1.29 is 27.5 Å². The van der Waals surface area contributed by atoms with Gasteiger partial charge in [0.15, 0.2) is 16.4 Å².